The molecule has 1 aromatic rings. The number of benzene rings is 1. The molecule has 1 heterocycles. The first kappa shape index (κ1) is 17.0. The van der Waals surface area contributed by atoms with E-state index in [1.807, 2.05) is 17.0 Å². The highest BCUT2D eigenvalue weighted by atomic mass is 79.9. The number of hydrogen-bond donors (Lipinski definition) is 1. The van der Waals surface area contributed by atoms with Crippen molar-refractivity contribution in [2.75, 3.05) is 19.6 Å². The van der Waals surface area contributed by atoms with Crippen LogP contribution in [0, 0.1) is 11.8 Å². The fourth-order valence-electron chi connectivity index (χ4n) is 3.01. The molecule has 22 heavy (non-hydrogen) atoms. The highest BCUT2D eigenvalue weighted by Gasteiger charge is 2.24. The van der Waals surface area contributed by atoms with Crippen LogP contribution in [0.2, 0.25) is 0 Å². The van der Waals surface area contributed by atoms with E-state index >= 15 is 0 Å². The summed E-state index contributed by atoms with van der Waals surface area (Å²) in [6.07, 6.45) is 1.55. The molecule has 0 unspecified atom stereocenters. The quantitative estimate of drug-likeness (QED) is 0.889. The van der Waals surface area contributed by atoms with E-state index in [0.717, 1.165) is 17.6 Å². The van der Waals surface area contributed by atoms with Gasteiger partial charge >= 0.3 is 0 Å². The van der Waals surface area contributed by atoms with E-state index in [4.69, 9.17) is 0 Å². The molecular weight excluding hydrogens is 344 g/mol. The zero-order chi connectivity index (χ0) is 16.1. The summed E-state index contributed by atoms with van der Waals surface area (Å²) in [6, 6.07) is 7.18. The van der Waals surface area contributed by atoms with Gasteiger partial charge in [0.1, 0.15) is 0 Å². The molecule has 1 aliphatic heterocycles. The molecule has 120 valence electrons. The summed E-state index contributed by atoms with van der Waals surface area (Å²) in [7, 11) is 0. The van der Waals surface area contributed by atoms with Crippen LogP contribution in [0.15, 0.2) is 28.7 Å². The smallest absolute Gasteiger partial charge is 0.251 e. The van der Waals surface area contributed by atoms with Crippen molar-refractivity contribution in [3.05, 3.63) is 34.3 Å². The monoisotopic (exact) mass is 366 g/mol. The van der Waals surface area contributed by atoms with Crippen LogP contribution in [-0.2, 0) is 4.79 Å². The van der Waals surface area contributed by atoms with Gasteiger partial charge in [0.15, 0.2) is 0 Å². The van der Waals surface area contributed by atoms with E-state index in [2.05, 4.69) is 35.1 Å². The van der Waals surface area contributed by atoms with Crippen molar-refractivity contribution in [3.8, 4) is 0 Å². The average molecular weight is 367 g/mol. The van der Waals surface area contributed by atoms with E-state index in [1.165, 1.54) is 6.42 Å². The summed E-state index contributed by atoms with van der Waals surface area (Å²) in [6.45, 7) is 6.43. The minimum atomic E-state index is -0.138. The lowest BCUT2D eigenvalue weighted by Gasteiger charge is -2.35. The van der Waals surface area contributed by atoms with E-state index in [9.17, 15) is 9.59 Å². The maximum Gasteiger partial charge on any atom is 0.251 e. The van der Waals surface area contributed by atoms with Gasteiger partial charge in [-0.2, -0.15) is 0 Å². The van der Waals surface area contributed by atoms with Crippen molar-refractivity contribution in [3.63, 3.8) is 0 Å². The third-order valence-corrected chi connectivity index (χ3v) is 4.48. The normalized spacial score (nSPS) is 21.5. The number of amides is 2. The van der Waals surface area contributed by atoms with Crippen LogP contribution in [0.4, 0.5) is 0 Å². The zero-order valence-corrected chi connectivity index (χ0v) is 14.7. The molecular formula is C17H23BrN2O2. The molecule has 0 aromatic heterocycles. The van der Waals surface area contributed by atoms with E-state index in [0.29, 0.717) is 30.4 Å². The number of likely N-dealkylation sites (tertiary alicyclic amines) is 1. The Morgan fingerprint density at radius 2 is 1.77 bits per heavy atom. The van der Waals surface area contributed by atoms with Crippen molar-refractivity contribution in [1.82, 2.24) is 10.2 Å². The van der Waals surface area contributed by atoms with Crippen LogP contribution >= 0.6 is 15.9 Å². The molecule has 2 rings (SSSR count). The SMILES string of the molecule is C[C@@H]1C[C@H](C)CN(C(=O)CCNC(=O)c2ccc(Br)cc2)C1. The van der Waals surface area contributed by atoms with Gasteiger partial charge in [-0.05, 0) is 42.5 Å². The Bertz CT molecular complexity index is 520. The van der Waals surface area contributed by atoms with Crippen molar-refractivity contribution >= 4 is 27.7 Å². The van der Waals surface area contributed by atoms with Gasteiger partial charge in [-0.1, -0.05) is 29.8 Å². The molecule has 1 aromatic carbocycles. The summed E-state index contributed by atoms with van der Waals surface area (Å²) < 4.78 is 0.938. The van der Waals surface area contributed by atoms with Gasteiger partial charge in [0.2, 0.25) is 5.91 Å². The van der Waals surface area contributed by atoms with Crippen molar-refractivity contribution in [2.24, 2.45) is 11.8 Å². The number of rotatable bonds is 4. The molecule has 1 aliphatic rings. The fraction of sp³-hybridized carbons (Fsp3) is 0.529. The van der Waals surface area contributed by atoms with Crippen molar-refractivity contribution < 1.29 is 9.59 Å². The summed E-state index contributed by atoms with van der Waals surface area (Å²) in [4.78, 5) is 26.1. The Kier molecular flexibility index (Phi) is 6.00. The number of piperidine rings is 1. The predicted molar refractivity (Wildman–Crippen MR) is 90.6 cm³/mol. The number of nitrogens with zero attached hydrogens (tertiary/aromatic N) is 1. The molecule has 1 fully saturated rings. The number of carbonyl (C=O) groups excluding carboxylic acids is 2. The number of carbonyl (C=O) groups is 2. The molecule has 5 heteroatoms. The molecule has 2 atom stereocenters. The Hall–Kier alpha value is -1.36. The highest BCUT2D eigenvalue weighted by molar-refractivity contribution is 9.10. The van der Waals surface area contributed by atoms with Gasteiger partial charge in [-0.25, -0.2) is 0 Å². The lowest BCUT2D eigenvalue weighted by molar-refractivity contribution is -0.133. The van der Waals surface area contributed by atoms with E-state index in [-0.39, 0.29) is 11.8 Å². The molecule has 0 radical (unpaired) electrons. The van der Waals surface area contributed by atoms with Gasteiger partial charge in [0.25, 0.3) is 5.91 Å². The van der Waals surface area contributed by atoms with Crippen LogP contribution in [0.1, 0.15) is 37.0 Å². The average Bonchev–Trinajstić information content (AvgIpc) is 2.46. The lowest BCUT2D eigenvalue weighted by Crippen LogP contribution is -2.43. The van der Waals surface area contributed by atoms with Crippen LogP contribution < -0.4 is 5.32 Å². The molecule has 0 bridgehead atoms. The van der Waals surface area contributed by atoms with Crippen molar-refractivity contribution in [1.29, 1.82) is 0 Å². The minimum absolute atomic E-state index is 0.134. The third kappa shape index (κ3) is 4.83. The van der Waals surface area contributed by atoms with Crippen LogP contribution in [0.3, 0.4) is 0 Å². The van der Waals surface area contributed by atoms with Gasteiger partial charge in [0.05, 0.1) is 0 Å². The standard InChI is InChI=1S/C17H23BrN2O2/c1-12-9-13(2)11-20(10-12)16(21)7-8-19-17(22)14-3-5-15(18)6-4-14/h3-6,12-13H,7-11H2,1-2H3,(H,19,22)/t12-,13+. The Balaban J connectivity index is 1.77. The molecule has 1 N–H and O–H groups in total. The topological polar surface area (TPSA) is 49.4 Å². The minimum Gasteiger partial charge on any atom is -0.352 e. The zero-order valence-electron chi connectivity index (χ0n) is 13.1. The van der Waals surface area contributed by atoms with Gasteiger partial charge in [0, 0.05) is 36.1 Å². The van der Waals surface area contributed by atoms with Crippen molar-refractivity contribution in [2.45, 2.75) is 26.7 Å². The van der Waals surface area contributed by atoms with Crippen LogP contribution in [0.25, 0.3) is 0 Å². The van der Waals surface area contributed by atoms with Crippen LogP contribution in [-0.4, -0.2) is 36.3 Å². The summed E-state index contributed by atoms with van der Waals surface area (Å²) in [5.74, 6) is 1.12. The largest absolute Gasteiger partial charge is 0.352 e. The van der Waals surface area contributed by atoms with E-state index < -0.39 is 0 Å². The lowest BCUT2D eigenvalue weighted by atomic mass is 9.92. The maximum absolute atomic E-state index is 12.2. The van der Waals surface area contributed by atoms with Gasteiger partial charge in [-0.3, -0.25) is 9.59 Å². The first-order valence-corrected chi connectivity index (χ1v) is 8.56. The summed E-state index contributed by atoms with van der Waals surface area (Å²) in [5.41, 5.74) is 0.607. The highest BCUT2D eigenvalue weighted by Crippen LogP contribution is 2.21. The van der Waals surface area contributed by atoms with E-state index in [1.54, 1.807) is 12.1 Å². The molecule has 0 saturated carbocycles. The number of hydrogen-bond acceptors (Lipinski definition) is 2. The molecule has 0 spiro atoms. The second kappa shape index (κ2) is 7.77. The predicted octanol–water partition coefficient (Wildman–Crippen LogP) is 3.07. The fourth-order valence-corrected chi connectivity index (χ4v) is 3.28. The van der Waals surface area contributed by atoms with Gasteiger partial charge in [-0.15, -0.1) is 0 Å². The maximum atomic E-state index is 12.2. The number of nitrogens with one attached hydrogen (secondary N) is 1. The van der Waals surface area contributed by atoms with Gasteiger partial charge < -0.3 is 10.2 Å². The number of halogens is 1. The third-order valence-electron chi connectivity index (χ3n) is 3.95. The second-order valence-electron chi connectivity index (χ2n) is 6.26. The molecule has 0 aliphatic carbocycles. The Labute approximate surface area is 140 Å². The molecule has 4 nitrogen and oxygen atoms in total. The van der Waals surface area contributed by atoms with Crippen LogP contribution in [0.5, 0.6) is 0 Å². The second-order valence-corrected chi connectivity index (χ2v) is 7.17. The first-order chi connectivity index (χ1) is 10.5. The summed E-state index contributed by atoms with van der Waals surface area (Å²) >= 11 is 3.34. The summed E-state index contributed by atoms with van der Waals surface area (Å²) in [5, 5.41) is 2.81. The first-order valence-electron chi connectivity index (χ1n) is 7.77. The Morgan fingerprint density at radius 1 is 1.18 bits per heavy atom. The molecule has 1 saturated heterocycles. The molecule has 2 amide bonds. The Morgan fingerprint density at radius 3 is 2.36 bits per heavy atom.